The minimum Gasteiger partial charge on any atom is -0.508 e. The lowest BCUT2D eigenvalue weighted by molar-refractivity contribution is 0.449. The van der Waals surface area contributed by atoms with Crippen LogP contribution in [0.1, 0.15) is 30.5 Å². The molecule has 0 spiro atoms. The Labute approximate surface area is 114 Å². The van der Waals surface area contributed by atoms with Crippen molar-refractivity contribution < 1.29 is 5.11 Å². The topological polar surface area (TPSA) is 50.1 Å². The number of hydrogen-bond donors (Lipinski definition) is 2. The van der Waals surface area contributed by atoms with E-state index in [2.05, 4.69) is 21.8 Å². The second-order valence-corrected chi connectivity index (χ2v) is 4.89. The molecule has 0 fully saturated rings. The number of aromatic hydroxyl groups is 1. The average Bonchev–Trinajstić information content (AvgIpc) is 2.90. The van der Waals surface area contributed by atoms with Gasteiger partial charge in [-0.05, 0) is 32.9 Å². The maximum atomic E-state index is 9.86. The summed E-state index contributed by atoms with van der Waals surface area (Å²) in [5.74, 6) is 0.361. The number of aromatic nitrogens is 2. The van der Waals surface area contributed by atoms with Crippen molar-refractivity contribution >= 4 is 0 Å². The standard InChI is InChI=1S/C15H21N3O/c1-12-4-5-15(19)14(10-12)13(2)17-6-3-8-18-9-7-16-11-18/h4-5,7,9-11,13,17,19H,3,6,8H2,1-2H3. The van der Waals surface area contributed by atoms with Gasteiger partial charge in [-0.15, -0.1) is 0 Å². The molecule has 0 aliphatic carbocycles. The van der Waals surface area contributed by atoms with Crippen molar-refractivity contribution in [2.24, 2.45) is 0 Å². The van der Waals surface area contributed by atoms with Crippen LogP contribution in [0.3, 0.4) is 0 Å². The van der Waals surface area contributed by atoms with Crippen molar-refractivity contribution in [2.75, 3.05) is 6.54 Å². The summed E-state index contributed by atoms with van der Waals surface area (Å²) in [4.78, 5) is 4.01. The van der Waals surface area contributed by atoms with E-state index in [1.807, 2.05) is 31.6 Å². The fraction of sp³-hybridized carbons (Fsp3) is 0.400. The zero-order valence-corrected chi connectivity index (χ0v) is 11.5. The molecule has 19 heavy (non-hydrogen) atoms. The number of nitrogens with one attached hydrogen (secondary N) is 1. The Morgan fingerprint density at radius 2 is 2.26 bits per heavy atom. The first-order valence-corrected chi connectivity index (χ1v) is 6.65. The SMILES string of the molecule is Cc1ccc(O)c(C(C)NCCCn2ccnc2)c1. The summed E-state index contributed by atoms with van der Waals surface area (Å²) in [6.45, 7) is 5.98. The lowest BCUT2D eigenvalue weighted by Gasteiger charge is -2.16. The van der Waals surface area contributed by atoms with Crippen LogP contribution in [-0.4, -0.2) is 21.2 Å². The molecule has 0 saturated heterocycles. The van der Waals surface area contributed by atoms with Gasteiger partial charge in [-0.3, -0.25) is 0 Å². The highest BCUT2D eigenvalue weighted by Gasteiger charge is 2.09. The van der Waals surface area contributed by atoms with Crippen molar-refractivity contribution in [1.29, 1.82) is 0 Å². The molecule has 4 nitrogen and oxygen atoms in total. The molecule has 2 rings (SSSR count). The number of nitrogens with zero attached hydrogens (tertiary/aromatic N) is 2. The molecule has 0 saturated carbocycles. The number of aryl methyl sites for hydroxylation is 2. The van der Waals surface area contributed by atoms with Gasteiger partial charge in [0, 0.05) is 30.5 Å². The summed E-state index contributed by atoms with van der Waals surface area (Å²) in [6.07, 6.45) is 6.62. The van der Waals surface area contributed by atoms with Gasteiger partial charge in [0.05, 0.1) is 6.33 Å². The number of imidazole rings is 1. The Bertz CT molecular complexity index is 508. The van der Waals surface area contributed by atoms with Gasteiger partial charge in [0.25, 0.3) is 0 Å². The highest BCUT2D eigenvalue weighted by molar-refractivity contribution is 5.37. The Morgan fingerprint density at radius 1 is 1.42 bits per heavy atom. The summed E-state index contributed by atoms with van der Waals surface area (Å²) in [7, 11) is 0. The van der Waals surface area contributed by atoms with Crippen LogP contribution in [0.15, 0.2) is 36.9 Å². The summed E-state index contributed by atoms with van der Waals surface area (Å²) < 4.78 is 2.07. The molecule has 1 heterocycles. The Kier molecular flexibility index (Phi) is 4.58. The van der Waals surface area contributed by atoms with Crippen LogP contribution in [-0.2, 0) is 6.54 Å². The fourth-order valence-electron chi connectivity index (χ4n) is 2.13. The van der Waals surface area contributed by atoms with Crippen LogP contribution in [0.4, 0.5) is 0 Å². The second-order valence-electron chi connectivity index (χ2n) is 4.89. The van der Waals surface area contributed by atoms with E-state index in [1.165, 1.54) is 5.56 Å². The Morgan fingerprint density at radius 3 is 3.00 bits per heavy atom. The predicted octanol–water partition coefficient (Wildman–Crippen LogP) is 2.64. The molecule has 0 radical (unpaired) electrons. The summed E-state index contributed by atoms with van der Waals surface area (Å²) in [5.41, 5.74) is 2.13. The number of hydrogen-bond acceptors (Lipinski definition) is 3. The number of phenols is 1. The molecule has 1 aromatic heterocycles. The second kappa shape index (κ2) is 6.38. The minimum atomic E-state index is 0.155. The summed E-state index contributed by atoms with van der Waals surface area (Å²) in [6, 6.07) is 5.87. The van der Waals surface area contributed by atoms with Crippen molar-refractivity contribution in [3.63, 3.8) is 0 Å². The van der Waals surface area contributed by atoms with E-state index >= 15 is 0 Å². The van der Waals surface area contributed by atoms with Crippen LogP contribution in [0.2, 0.25) is 0 Å². The number of benzene rings is 1. The zero-order chi connectivity index (χ0) is 13.7. The minimum absolute atomic E-state index is 0.155. The van der Waals surface area contributed by atoms with E-state index < -0.39 is 0 Å². The molecule has 1 aromatic carbocycles. The van der Waals surface area contributed by atoms with Crippen molar-refractivity contribution in [1.82, 2.24) is 14.9 Å². The maximum Gasteiger partial charge on any atom is 0.120 e. The van der Waals surface area contributed by atoms with Crippen LogP contribution < -0.4 is 5.32 Å². The van der Waals surface area contributed by atoms with Gasteiger partial charge in [0.2, 0.25) is 0 Å². The molecule has 0 aliphatic heterocycles. The lowest BCUT2D eigenvalue weighted by atomic mass is 10.0. The smallest absolute Gasteiger partial charge is 0.120 e. The van der Waals surface area contributed by atoms with Gasteiger partial charge in [-0.25, -0.2) is 4.98 Å². The largest absolute Gasteiger partial charge is 0.508 e. The normalized spacial score (nSPS) is 12.5. The number of phenolic OH excluding ortho intramolecular Hbond substituents is 1. The van der Waals surface area contributed by atoms with Crippen LogP contribution in [0.5, 0.6) is 5.75 Å². The van der Waals surface area contributed by atoms with E-state index in [9.17, 15) is 5.11 Å². The highest BCUT2D eigenvalue weighted by Crippen LogP contribution is 2.24. The van der Waals surface area contributed by atoms with E-state index in [0.717, 1.165) is 25.1 Å². The van der Waals surface area contributed by atoms with E-state index in [-0.39, 0.29) is 6.04 Å². The van der Waals surface area contributed by atoms with E-state index in [4.69, 9.17) is 0 Å². The van der Waals surface area contributed by atoms with Crippen molar-refractivity contribution in [3.05, 3.63) is 48.0 Å². The summed E-state index contributed by atoms with van der Waals surface area (Å²) in [5, 5.41) is 13.3. The Balaban J connectivity index is 1.80. The predicted molar refractivity (Wildman–Crippen MR) is 76.1 cm³/mol. The Hall–Kier alpha value is -1.81. The van der Waals surface area contributed by atoms with Crippen LogP contribution in [0, 0.1) is 6.92 Å². The first-order chi connectivity index (χ1) is 9.16. The first-order valence-electron chi connectivity index (χ1n) is 6.65. The van der Waals surface area contributed by atoms with Gasteiger partial charge < -0.3 is 15.0 Å². The first kappa shape index (κ1) is 13.6. The van der Waals surface area contributed by atoms with Gasteiger partial charge in [-0.2, -0.15) is 0 Å². The van der Waals surface area contributed by atoms with Crippen molar-refractivity contribution in [2.45, 2.75) is 32.9 Å². The molecular formula is C15H21N3O. The fourth-order valence-corrected chi connectivity index (χ4v) is 2.13. The third-order valence-corrected chi connectivity index (χ3v) is 3.25. The molecule has 0 amide bonds. The molecular weight excluding hydrogens is 238 g/mol. The molecule has 0 aliphatic rings. The maximum absolute atomic E-state index is 9.86. The van der Waals surface area contributed by atoms with Crippen molar-refractivity contribution in [3.8, 4) is 5.75 Å². The molecule has 0 bridgehead atoms. The average molecular weight is 259 g/mol. The van der Waals surface area contributed by atoms with Gasteiger partial charge in [-0.1, -0.05) is 17.7 Å². The molecule has 2 N–H and O–H groups in total. The molecule has 1 unspecified atom stereocenters. The lowest BCUT2D eigenvalue weighted by Crippen LogP contribution is -2.21. The quantitative estimate of drug-likeness (QED) is 0.784. The molecule has 4 heteroatoms. The van der Waals surface area contributed by atoms with E-state index in [1.54, 1.807) is 12.3 Å². The highest BCUT2D eigenvalue weighted by atomic mass is 16.3. The van der Waals surface area contributed by atoms with Gasteiger partial charge >= 0.3 is 0 Å². The summed E-state index contributed by atoms with van der Waals surface area (Å²) >= 11 is 0. The molecule has 1 atom stereocenters. The monoisotopic (exact) mass is 259 g/mol. The van der Waals surface area contributed by atoms with E-state index in [0.29, 0.717) is 5.75 Å². The van der Waals surface area contributed by atoms with Crippen LogP contribution >= 0.6 is 0 Å². The van der Waals surface area contributed by atoms with Crippen LogP contribution in [0.25, 0.3) is 0 Å². The van der Waals surface area contributed by atoms with Gasteiger partial charge in [0.1, 0.15) is 5.75 Å². The zero-order valence-electron chi connectivity index (χ0n) is 11.5. The van der Waals surface area contributed by atoms with Gasteiger partial charge in [0.15, 0.2) is 0 Å². The third-order valence-electron chi connectivity index (χ3n) is 3.25. The molecule has 2 aromatic rings. The number of rotatable bonds is 6. The molecule has 102 valence electrons. The third kappa shape index (κ3) is 3.83.